The number of carbonyl (C=O) groups is 1. The van der Waals surface area contributed by atoms with Crippen molar-refractivity contribution in [1.29, 1.82) is 0 Å². The number of pyridine rings is 1. The summed E-state index contributed by atoms with van der Waals surface area (Å²) >= 11 is 0. The molecule has 2 aromatic heterocycles. The van der Waals surface area contributed by atoms with Gasteiger partial charge in [0, 0.05) is 31.2 Å². The topological polar surface area (TPSA) is 68.2 Å². The van der Waals surface area contributed by atoms with Crippen molar-refractivity contribution in [2.24, 2.45) is 0 Å². The van der Waals surface area contributed by atoms with Crippen molar-refractivity contribution in [3.63, 3.8) is 0 Å². The summed E-state index contributed by atoms with van der Waals surface area (Å²) in [5.41, 5.74) is 0.334. The van der Waals surface area contributed by atoms with Crippen LogP contribution in [0.15, 0.2) is 61.1 Å². The van der Waals surface area contributed by atoms with E-state index in [0.29, 0.717) is 18.8 Å². The third-order valence-corrected chi connectivity index (χ3v) is 4.94. The summed E-state index contributed by atoms with van der Waals surface area (Å²) in [4.78, 5) is 27.7. The molecule has 6 nitrogen and oxygen atoms in total. The van der Waals surface area contributed by atoms with Crippen molar-refractivity contribution in [3.8, 4) is 17.3 Å². The monoisotopic (exact) mass is 408 g/mol. The van der Waals surface area contributed by atoms with Crippen LogP contribution < -0.4 is 4.74 Å². The highest BCUT2D eigenvalue weighted by Gasteiger charge is 2.30. The summed E-state index contributed by atoms with van der Waals surface area (Å²) < 4.78 is 20.7. The van der Waals surface area contributed by atoms with Gasteiger partial charge in [-0.1, -0.05) is 19.1 Å². The molecule has 0 spiro atoms. The molecular formula is C23H25FN4O2. The van der Waals surface area contributed by atoms with Crippen LogP contribution >= 0.6 is 0 Å². The van der Waals surface area contributed by atoms with Gasteiger partial charge in [-0.25, -0.2) is 19.3 Å². The summed E-state index contributed by atoms with van der Waals surface area (Å²) in [6.07, 6.45) is 5.07. The van der Waals surface area contributed by atoms with Crippen molar-refractivity contribution >= 4 is 5.91 Å². The van der Waals surface area contributed by atoms with E-state index in [2.05, 4.69) is 15.0 Å². The number of likely N-dealkylation sites (N-methyl/N-ethyl adjacent to an activating group) is 1. The third kappa shape index (κ3) is 4.62. The first-order valence-electron chi connectivity index (χ1n) is 10.0. The SMILES string of the molecule is CCC(C(C)Oc1ccccn1)N(CC)C(=O)c1cccc(F)c1-c1ncccn1. The number of rotatable bonds is 8. The first-order chi connectivity index (χ1) is 14.6. The van der Waals surface area contributed by atoms with E-state index < -0.39 is 5.82 Å². The molecule has 0 fully saturated rings. The maximum atomic E-state index is 14.7. The number of benzene rings is 1. The molecule has 3 aromatic rings. The van der Waals surface area contributed by atoms with Gasteiger partial charge in [0.15, 0.2) is 5.82 Å². The quantitative estimate of drug-likeness (QED) is 0.553. The van der Waals surface area contributed by atoms with E-state index in [1.165, 1.54) is 24.5 Å². The predicted molar refractivity (Wildman–Crippen MR) is 113 cm³/mol. The van der Waals surface area contributed by atoms with Gasteiger partial charge in [0.05, 0.1) is 17.2 Å². The Kier molecular flexibility index (Phi) is 7.06. The minimum atomic E-state index is -0.533. The molecule has 2 heterocycles. The van der Waals surface area contributed by atoms with Crippen molar-refractivity contribution in [3.05, 3.63) is 72.4 Å². The maximum absolute atomic E-state index is 14.7. The van der Waals surface area contributed by atoms with Crippen molar-refractivity contribution in [1.82, 2.24) is 19.9 Å². The Labute approximate surface area is 175 Å². The van der Waals surface area contributed by atoms with Gasteiger partial charge in [-0.05, 0) is 44.5 Å². The van der Waals surface area contributed by atoms with Crippen molar-refractivity contribution in [2.75, 3.05) is 6.54 Å². The summed E-state index contributed by atoms with van der Waals surface area (Å²) in [7, 11) is 0. The zero-order chi connectivity index (χ0) is 21.5. The zero-order valence-electron chi connectivity index (χ0n) is 17.3. The normalized spacial score (nSPS) is 12.8. The van der Waals surface area contributed by atoms with E-state index in [1.807, 2.05) is 32.9 Å². The Morgan fingerprint density at radius 1 is 1.03 bits per heavy atom. The number of aromatic nitrogens is 3. The fourth-order valence-electron chi connectivity index (χ4n) is 3.53. The lowest BCUT2D eigenvalue weighted by Gasteiger charge is -2.34. The number of carbonyl (C=O) groups excluding carboxylic acids is 1. The molecule has 0 radical (unpaired) electrons. The van der Waals surface area contributed by atoms with E-state index in [1.54, 1.807) is 29.3 Å². The Balaban J connectivity index is 1.93. The van der Waals surface area contributed by atoms with Crippen molar-refractivity contribution in [2.45, 2.75) is 39.3 Å². The number of ether oxygens (including phenoxy) is 1. The standard InChI is InChI=1S/C23H25FN4O2/c1-4-19(16(3)30-20-12-6-7-13-25-20)28(5-2)23(29)17-10-8-11-18(24)21(17)22-26-14-9-15-27-22/h6-16,19H,4-5H2,1-3H3. The molecule has 0 N–H and O–H groups in total. The first-order valence-corrected chi connectivity index (χ1v) is 10.0. The summed E-state index contributed by atoms with van der Waals surface area (Å²) in [5, 5.41) is 0. The van der Waals surface area contributed by atoms with Crippen LogP contribution in [0.4, 0.5) is 4.39 Å². The lowest BCUT2D eigenvalue weighted by atomic mass is 10.0. The van der Waals surface area contributed by atoms with Gasteiger partial charge in [0.2, 0.25) is 5.88 Å². The minimum Gasteiger partial charge on any atom is -0.472 e. The van der Waals surface area contributed by atoms with Crippen LogP contribution in [0.25, 0.3) is 11.4 Å². The molecule has 7 heteroatoms. The van der Waals surface area contributed by atoms with Gasteiger partial charge in [-0.2, -0.15) is 0 Å². The fraction of sp³-hybridized carbons (Fsp3) is 0.304. The molecule has 0 saturated heterocycles. The third-order valence-electron chi connectivity index (χ3n) is 4.94. The molecule has 0 saturated carbocycles. The average Bonchev–Trinajstić information content (AvgIpc) is 2.78. The lowest BCUT2D eigenvalue weighted by molar-refractivity contribution is 0.0471. The van der Waals surface area contributed by atoms with Crippen molar-refractivity contribution < 1.29 is 13.9 Å². The highest BCUT2D eigenvalue weighted by Crippen LogP contribution is 2.26. The highest BCUT2D eigenvalue weighted by atomic mass is 19.1. The van der Waals surface area contributed by atoms with Crippen LogP contribution in [0.1, 0.15) is 37.6 Å². The van der Waals surface area contributed by atoms with Crippen LogP contribution in [-0.2, 0) is 0 Å². The molecule has 0 aliphatic rings. The van der Waals surface area contributed by atoms with E-state index in [-0.39, 0.29) is 35.0 Å². The molecule has 0 bridgehead atoms. The smallest absolute Gasteiger partial charge is 0.255 e. The van der Waals surface area contributed by atoms with Crippen LogP contribution in [0.3, 0.4) is 0 Å². The molecule has 3 rings (SSSR count). The van der Waals surface area contributed by atoms with Gasteiger partial charge in [0.1, 0.15) is 11.9 Å². The first kappa shape index (κ1) is 21.4. The Bertz CT molecular complexity index is 969. The van der Waals surface area contributed by atoms with Crippen LogP contribution in [0.5, 0.6) is 5.88 Å². The second-order valence-electron chi connectivity index (χ2n) is 6.79. The fourth-order valence-corrected chi connectivity index (χ4v) is 3.53. The van der Waals surface area contributed by atoms with Crippen LogP contribution in [0.2, 0.25) is 0 Å². The minimum absolute atomic E-state index is 0.106. The second-order valence-corrected chi connectivity index (χ2v) is 6.79. The van der Waals surface area contributed by atoms with E-state index in [9.17, 15) is 9.18 Å². The number of amides is 1. The number of hydrogen-bond acceptors (Lipinski definition) is 5. The lowest BCUT2D eigenvalue weighted by Crippen LogP contribution is -2.47. The largest absolute Gasteiger partial charge is 0.472 e. The maximum Gasteiger partial charge on any atom is 0.255 e. The van der Waals surface area contributed by atoms with Gasteiger partial charge in [-0.15, -0.1) is 0 Å². The summed E-state index contributed by atoms with van der Waals surface area (Å²) in [6.45, 7) is 6.24. The molecular weight excluding hydrogens is 383 g/mol. The Morgan fingerprint density at radius 2 is 1.77 bits per heavy atom. The van der Waals surface area contributed by atoms with Crippen LogP contribution in [-0.4, -0.2) is 44.4 Å². The molecule has 0 aliphatic heterocycles. The second kappa shape index (κ2) is 9.91. The molecule has 30 heavy (non-hydrogen) atoms. The summed E-state index contributed by atoms with van der Waals surface area (Å²) in [6, 6.07) is 11.3. The molecule has 1 aromatic carbocycles. The van der Waals surface area contributed by atoms with E-state index >= 15 is 0 Å². The average molecular weight is 408 g/mol. The van der Waals surface area contributed by atoms with E-state index in [0.717, 1.165) is 0 Å². The Hall–Kier alpha value is -3.35. The number of halogens is 1. The van der Waals surface area contributed by atoms with Crippen LogP contribution in [0, 0.1) is 5.82 Å². The van der Waals surface area contributed by atoms with E-state index in [4.69, 9.17) is 4.74 Å². The van der Waals surface area contributed by atoms with Gasteiger partial charge < -0.3 is 9.64 Å². The highest BCUT2D eigenvalue weighted by molar-refractivity contribution is 6.00. The molecule has 1 amide bonds. The molecule has 2 unspecified atom stereocenters. The molecule has 2 atom stereocenters. The van der Waals surface area contributed by atoms with Gasteiger partial charge in [0.25, 0.3) is 5.91 Å². The zero-order valence-corrected chi connectivity index (χ0v) is 17.3. The number of nitrogens with zero attached hydrogens (tertiary/aromatic N) is 4. The molecule has 0 aliphatic carbocycles. The predicted octanol–water partition coefficient (Wildman–Crippen LogP) is 4.39. The summed E-state index contributed by atoms with van der Waals surface area (Å²) in [5.74, 6) is -0.145. The van der Waals surface area contributed by atoms with Gasteiger partial charge >= 0.3 is 0 Å². The Morgan fingerprint density at radius 3 is 2.40 bits per heavy atom. The number of hydrogen-bond donors (Lipinski definition) is 0. The molecule has 156 valence electrons. The van der Waals surface area contributed by atoms with Gasteiger partial charge in [-0.3, -0.25) is 4.79 Å².